The Bertz CT molecular complexity index is 303. The van der Waals surface area contributed by atoms with Crippen molar-refractivity contribution in [2.24, 2.45) is 11.7 Å². The van der Waals surface area contributed by atoms with Crippen molar-refractivity contribution in [2.75, 3.05) is 19.6 Å². The smallest absolute Gasteiger partial charge is 0.239 e. The molecule has 0 aromatic rings. The number of amides is 1. The van der Waals surface area contributed by atoms with E-state index in [4.69, 9.17) is 5.73 Å². The van der Waals surface area contributed by atoms with Gasteiger partial charge in [0.2, 0.25) is 5.91 Å². The molecule has 0 radical (unpaired) electrons. The van der Waals surface area contributed by atoms with Crippen molar-refractivity contribution in [1.82, 2.24) is 10.2 Å². The second-order valence-electron chi connectivity index (χ2n) is 5.81. The Hall–Kier alpha value is -0.610. The van der Waals surface area contributed by atoms with E-state index in [0.29, 0.717) is 12.0 Å². The molecule has 1 aliphatic heterocycles. The molecule has 4 nitrogen and oxygen atoms in total. The highest BCUT2D eigenvalue weighted by Gasteiger charge is 2.50. The van der Waals surface area contributed by atoms with E-state index in [1.54, 1.807) is 0 Å². The van der Waals surface area contributed by atoms with E-state index < -0.39 is 5.54 Å². The summed E-state index contributed by atoms with van der Waals surface area (Å²) >= 11 is 0. The average molecular weight is 253 g/mol. The molecule has 0 bridgehead atoms. The fourth-order valence-electron chi connectivity index (χ4n) is 3.47. The minimum absolute atomic E-state index is 0.159. The average Bonchev–Trinajstić information content (AvgIpc) is 3.10. The molecule has 2 aliphatic rings. The van der Waals surface area contributed by atoms with E-state index in [0.717, 1.165) is 32.5 Å². The van der Waals surface area contributed by atoms with E-state index in [1.807, 2.05) is 0 Å². The fourth-order valence-corrected chi connectivity index (χ4v) is 3.47. The second kappa shape index (κ2) is 5.57. The first-order chi connectivity index (χ1) is 8.64. The van der Waals surface area contributed by atoms with Gasteiger partial charge in [0.15, 0.2) is 0 Å². The van der Waals surface area contributed by atoms with Gasteiger partial charge >= 0.3 is 0 Å². The summed E-state index contributed by atoms with van der Waals surface area (Å²) < 4.78 is 0. The number of primary amides is 1. The Kier molecular flexibility index (Phi) is 4.28. The van der Waals surface area contributed by atoms with Crippen LogP contribution in [0.5, 0.6) is 0 Å². The van der Waals surface area contributed by atoms with Gasteiger partial charge in [-0.3, -0.25) is 9.69 Å². The summed E-state index contributed by atoms with van der Waals surface area (Å²) in [4.78, 5) is 14.5. The summed E-state index contributed by atoms with van der Waals surface area (Å²) in [5, 5.41) is 3.41. The van der Waals surface area contributed by atoms with Gasteiger partial charge in [0.1, 0.15) is 5.54 Å². The summed E-state index contributed by atoms with van der Waals surface area (Å²) in [6.45, 7) is 7.02. The summed E-state index contributed by atoms with van der Waals surface area (Å²) in [7, 11) is 0. The molecule has 2 rings (SSSR count). The molecular formula is C14H27N3O. The Balaban J connectivity index is 2.11. The van der Waals surface area contributed by atoms with E-state index in [9.17, 15) is 4.79 Å². The quantitative estimate of drug-likeness (QED) is 0.714. The number of hydrogen-bond donors (Lipinski definition) is 2. The highest BCUT2D eigenvalue weighted by atomic mass is 16.1. The summed E-state index contributed by atoms with van der Waals surface area (Å²) in [6.07, 6.45) is 5.97. The SMILES string of the molecule is CCNC(CN1CCCC1CC)(C(N)=O)C1CC1. The van der Waals surface area contributed by atoms with Crippen molar-refractivity contribution in [3.8, 4) is 0 Å². The van der Waals surface area contributed by atoms with Crippen molar-refractivity contribution in [2.45, 2.75) is 57.5 Å². The van der Waals surface area contributed by atoms with E-state index in [-0.39, 0.29) is 5.91 Å². The number of nitrogens with two attached hydrogens (primary N) is 1. The highest BCUT2D eigenvalue weighted by Crippen LogP contribution is 2.41. The Morgan fingerprint density at radius 2 is 2.11 bits per heavy atom. The molecule has 2 fully saturated rings. The highest BCUT2D eigenvalue weighted by molar-refractivity contribution is 5.86. The minimum Gasteiger partial charge on any atom is -0.368 e. The van der Waals surface area contributed by atoms with Crippen molar-refractivity contribution < 1.29 is 4.79 Å². The zero-order valence-electron chi connectivity index (χ0n) is 11.7. The lowest BCUT2D eigenvalue weighted by Gasteiger charge is -2.37. The fraction of sp³-hybridized carbons (Fsp3) is 0.929. The van der Waals surface area contributed by atoms with Gasteiger partial charge in [-0.15, -0.1) is 0 Å². The lowest BCUT2D eigenvalue weighted by Crippen LogP contribution is -2.63. The second-order valence-corrected chi connectivity index (χ2v) is 5.81. The Morgan fingerprint density at radius 1 is 1.39 bits per heavy atom. The number of nitrogens with one attached hydrogen (secondary N) is 1. The van der Waals surface area contributed by atoms with Gasteiger partial charge in [0.05, 0.1) is 0 Å². The Labute approximate surface area is 110 Å². The van der Waals surface area contributed by atoms with Crippen LogP contribution in [-0.2, 0) is 4.79 Å². The van der Waals surface area contributed by atoms with Crippen LogP contribution in [0.2, 0.25) is 0 Å². The van der Waals surface area contributed by atoms with Gasteiger partial charge in [-0.2, -0.15) is 0 Å². The summed E-state index contributed by atoms with van der Waals surface area (Å²) in [5.41, 5.74) is 5.26. The zero-order chi connectivity index (χ0) is 13.2. The normalized spacial score (nSPS) is 28.2. The summed E-state index contributed by atoms with van der Waals surface area (Å²) in [6, 6.07) is 0.640. The third-order valence-corrected chi connectivity index (χ3v) is 4.63. The first kappa shape index (κ1) is 13.8. The molecule has 1 saturated carbocycles. The molecule has 0 aromatic heterocycles. The molecule has 1 heterocycles. The molecule has 1 amide bonds. The van der Waals surface area contributed by atoms with Crippen LogP contribution < -0.4 is 11.1 Å². The molecule has 4 heteroatoms. The lowest BCUT2D eigenvalue weighted by molar-refractivity contribution is -0.126. The number of carbonyl (C=O) groups is 1. The van der Waals surface area contributed by atoms with Crippen LogP contribution in [0.4, 0.5) is 0 Å². The van der Waals surface area contributed by atoms with Gasteiger partial charge in [0, 0.05) is 12.6 Å². The number of rotatable bonds is 7. The van der Waals surface area contributed by atoms with Crippen molar-refractivity contribution in [3.05, 3.63) is 0 Å². The third-order valence-electron chi connectivity index (χ3n) is 4.63. The first-order valence-electron chi connectivity index (χ1n) is 7.43. The molecule has 104 valence electrons. The first-order valence-corrected chi connectivity index (χ1v) is 7.43. The van der Waals surface area contributed by atoms with Gasteiger partial charge < -0.3 is 11.1 Å². The molecule has 0 spiro atoms. The van der Waals surface area contributed by atoms with Crippen LogP contribution in [0.1, 0.15) is 46.0 Å². The van der Waals surface area contributed by atoms with Gasteiger partial charge in [0.25, 0.3) is 0 Å². The standard InChI is InChI=1S/C14H27N3O/c1-3-12-6-5-9-17(12)10-14(13(15)18,16-4-2)11-7-8-11/h11-12,16H,3-10H2,1-2H3,(H2,15,18). The van der Waals surface area contributed by atoms with Crippen LogP contribution >= 0.6 is 0 Å². The van der Waals surface area contributed by atoms with E-state index >= 15 is 0 Å². The van der Waals surface area contributed by atoms with E-state index in [2.05, 4.69) is 24.1 Å². The van der Waals surface area contributed by atoms with Gasteiger partial charge in [-0.05, 0) is 51.1 Å². The predicted octanol–water partition coefficient (Wildman–Crippen LogP) is 1.10. The van der Waals surface area contributed by atoms with Crippen molar-refractivity contribution in [3.63, 3.8) is 0 Å². The van der Waals surface area contributed by atoms with Crippen LogP contribution in [0.25, 0.3) is 0 Å². The number of likely N-dealkylation sites (tertiary alicyclic amines) is 1. The van der Waals surface area contributed by atoms with Crippen LogP contribution in [-0.4, -0.2) is 42.0 Å². The van der Waals surface area contributed by atoms with Crippen molar-refractivity contribution in [1.29, 1.82) is 0 Å². The number of nitrogens with zero attached hydrogens (tertiary/aromatic N) is 1. The molecule has 1 aliphatic carbocycles. The molecular weight excluding hydrogens is 226 g/mol. The lowest BCUT2D eigenvalue weighted by atomic mass is 9.90. The topological polar surface area (TPSA) is 58.4 Å². The summed E-state index contributed by atoms with van der Waals surface area (Å²) in [5.74, 6) is 0.293. The van der Waals surface area contributed by atoms with Gasteiger partial charge in [-0.25, -0.2) is 0 Å². The largest absolute Gasteiger partial charge is 0.368 e. The molecule has 0 aromatic carbocycles. The third kappa shape index (κ3) is 2.54. The number of carbonyl (C=O) groups excluding carboxylic acids is 1. The maximum absolute atomic E-state index is 12.0. The number of hydrogen-bond acceptors (Lipinski definition) is 3. The molecule has 2 atom stereocenters. The number of likely N-dealkylation sites (N-methyl/N-ethyl adjacent to an activating group) is 1. The van der Waals surface area contributed by atoms with Gasteiger partial charge in [-0.1, -0.05) is 13.8 Å². The molecule has 3 N–H and O–H groups in total. The maximum Gasteiger partial charge on any atom is 0.239 e. The molecule has 2 unspecified atom stereocenters. The Morgan fingerprint density at radius 3 is 2.61 bits per heavy atom. The molecule has 18 heavy (non-hydrogen) atoms. The van der Waals surface area contributed by atoms with Crippen LogP contribution in [0.3, 0.4) is 0 Å². The van der Waals surface area contributed by atoms with E-state index in [1.165, 1.54) is 19.3 Å². The zero-order valence-corrected chi connectivity index (χ0v) is 11.7. The monoisotopic (exact) mass is 253 g/mol. The molecule has 1 saturated heterocycles. The predicted molar refractivity (Wildman–Crippen MR) is 73.2 cm³/mol. The minimum atomic E-state index is -0.480. The van der Waals surface area contributed by atoms with Crippen LogP contribution in [0, 0.1) is 5.92 Å². The van der Waals surface area contributed by atoms with Crippen molar-refractivity contribution >= 4 is 5.91 Å². The maximum atomic E-state index is 12.0. The van der Waals surface area contributed by atoms with Crippen LogP contribution in [0.15, 0.2) is 0 Å².